The number of ether oxygens (including phenoxy) is 1. The summed E-state index contributed by atoms with van der Waals surface area (Å²) in [5.41, 5.74) is 0. The Balaban J connectivity index is 2.41. The fourth-order valence-corrected chi connectivity index (χ4v) is 1.50. The van der Waals surface area contributed by atoms with Gasteiger partial charge in [0.1, 0.15) is 5.78 Å². The molecule has 5 heteroatoms. The van der Waals surface area contributed by atoms with E-state index in [0.717, 1.165) is 12.2 Å². The molecule has 1 aliphatic rings. The molecular weight excluding hydrogens is 218 g/mol. The Morgan fingerprint density at radius 1 is 1.62 bits per heavy atom. The Morgan fingerprint density at radius 2 is 2.31 bits per heavy atom. The Morgan fingerprint density at radius 3 is 2.75 bits per heavy atom. The molecule has 0 bridgehead atoms. The molecule has 0 heterocycles. The number of carbonyl (C=O) groups excluding carboxylic acids is 2. The van der Waals surface area contributed by atoms with Crippen molar-refractivity contribution in [2.45, 2.75) is 32.1 Å². The molecule has 1 fully saturated rings. The molecule has 0 aromatic heterocycles. The Labute approximate surface area is 92.5 Å². The highest BCUT2D eigenvalue weighted by atomic mass is 19.3. The topological polar surface area (TPSA) is 43.4 Å². The van der Waals surface area contributed by atoms with Gasteiger partial charge in [0, 0.05) is 18.9 Å². The van der Waals surface area contributed by atoms with E-state index in [1.165, 1.54) is 0 Å². The van der Waals surface area contributed by atoms with E-state index in [9.17, 15) is 18.4 Å². The van der Waals surface area contributed by atoms with Gasteiger partial charge >= 0.3 is 5.97 Å². The van der Waals surface area contributed by atoms with Crippen LogP contribution >= 0.6 is 0 Å². The number of alkyl halides is 2. The molecule has 1 saturated carbocycles. The first-order valence-corrected chi connectivity index (χ1v) is 5.21. The third-order valence-electron chi connectivity index (χ3n) is 2.51. The van der Waals surface area contributed by atoms with E-state index in [1.807, 2.05) is 0 Å². The fourth-order valence-electron chi connectivity index (χ4n) is 1.50. The maximum Gasteiger partial charge on any atom is 0.330 e. The lowest BCUT2D eigenvalue weighted by Crippen LogP contribution is -2.41. The van der Waals surface area contributed by atoms with Crippen molar-refractivity contribution < 1.29 is 23.1 Å². The van der Waals surface area contributed by atoms with Crippen LogP contribution in [-0.2, 0) is 14.3 Å². The van der Waals surface area contributed by atoms with Crippen molar-refractivity contribution in [3.63, 3.8) is 0 Å². The minimum atomic E-state index is -3.04. The van der Waals surface area contributed by atoms with Crippen LogP contribution in [0, 0.1) is 5.92 Å². The van der Waals surface area contributed by atoms with Gasteiger partial charge < -0.3 is 4.74 Å². The van der Waals surface area contributed by atoms with Crippen LogP contribution in [0.15, 0.2) is 12.2 Å². The van der Waals surface area contributed by atoms with E-state index >= 15 is 0 Å². The molecule has 0 N–H and O–H groups in total. The number of ketones is 1. The molecule has 1 unspecified atom stereocenters. The highest BCUT2D eigenvalue weighted by molar-refractivity contribution is 5.87. The van der Waals surface area contributed by atoms with Gasteiger partial charge in [-0.25, -0.2) is 13.6 Å². The van der Waals surface area contributed by atoms with Crippen LogP contribution in [-0.4, -0.2) is 24.3 Å². The number of allylic oxidation sites excluding steroid dienone is 1. The van der Waals surface area contributed by atoms with E-state index in [-0.39, 0.29) is 19.4 Å². The van der Waals surface area contributed by atoms with Gasteiger partial charge in [-0.2, -0.15) is 0 Å². The van der Waals surface area contributed by atoms with Gasteiger partial charge in [-0.3, -0.25) is 4.79 Å². The number of esters is 1. The average molecular weight is 232 g/mol. The zero-order chi connectivity index (χ0) is 12.2. The number of rotatable bonds is 5. The van der Waals surface area contributed by atoms with Crippen LogP contribution in [0.4, 0.5) is 8.78 Å². The molecule has 0 radical (unpaired) electrons. The van der Waals surface area contributed by atoms with Crippen molar-refractivity contribution in [2.75, 3.05) is 6.61 Å². The van der Waals surface area contributed by atoms with Crippen LogP contribution in [0.1, 0.15) is 26.2 Å². The Hall–Kier alpha value is -1.26. The summed E-state index contributed by atoms with van der Waals surface area (Å²) < 4.78 is 31.2. The number of halogens is 2. The fraction of sp³-hybridized carbons (Fsp3) is 0.636. The molecule has 16 heavy (non-hydrogen) atoms. The third kappa shape index (κ3) is 3.12. The predicted molar refractivity (Wildman–Crippen MR) is 53.1 cm³/mol. The van der Waals surface area contributed by atoms with Crippen LogP contribution in [0.3, 0.4) is 0 Å². The maximum atomic E-state index is 13.3. The monoisotopic (exact) mass is 232 g/mol. The normalized spacial score (nSPS) is 20.9. The summed E-state index contributed by atoms with van der Waals surface area (Å²) in [5.74, 6) is -5.25. The van der Waals surface area contributed by atoms with Crippen LogP contribution in [0.25, 0.3) is 0 Å². The zero-order valence-electron chi connectivity index (χ0n) is 9.04. The molecule has 0 amide bonds. The summed E-state index contributed by atoms with van der Waals surface area (Å²) in [4.78, 5) is 21.7. The van der Waals surface area contributed by atoms with E-state index in [2.05, 4.69) is 4.74 Å². The maximum absolute atomic E-state index is 13.3. The molecule has 1 atom stereocenters. The summed E-state index contributed by atoms with van der Waals surface area (Å²) in [6.45, 7) is 1.84. The van der Waals surface area contributed by atoms with Gasteiger partial charge in [0.25, 0.3) is 5.92 Å². The lowest BCUT2D eigenvalue weighted by Gasteiger charge is -2.31. The van der Waals surface area contributed by atoms with Gasteiger partial charge in [-0.15, -0.1) is 0 Å². The van der Waals surface area contributed by atoms with Crippen LogP contribution in [0.2, 0.25) is 0 Å². The van der Waals surface area contributed by atoms with E-state index < -0.39 is 30.0 Å². The van der Waals surface area contributed by atoms with Crippen LogP contribution < -0.4 is 0 Å². The van der Waals surface area contributed by atoms with Crippen molar-refractivity contribution in [3.05, 3.63) is 12.2 Å². The van der Waals surface area contributed by atoms with Gasteiger partial charge in [0.05, 0.1) is 12.5 Å². The second-order valence-electron chi connectivity index (χ2n) is 3.68. The van der Waals surface area contributed by atoms with Gasteiger partial charge in [0.2, 0.25) is 0 Å². The summed E-state index contributed by atoms with van der Waals surface area (Å²) in [5, 5.41) is 0. The summed E-state index contributed by atoms with van der Waals surface area (Å²) in [6.07, 6.45) is 1.91. The molecule has 1 rings (SSSR count). The van der Waals surface area contributed by atoms with Crippen molar-refractivity contribution in [3.8, 4) is 0 Å². The Kier molecular flexibility index (Phi) is 4.15. The average Bonchev–Trinajstić information content (AvgIpc) is 2.14. The minimum Gasteiger partial charge on any atom is -0.463 e. The smallest absolute Gasteiger partial charge is 0.330 e. The van der Waals surface area contributed by atoms with Gasteiger partial charge in [-0.1, -0.05) is 6.08 Å². The lowest BCUT2D eigenvalue weighted by molar-refractivity contribution is -0.148. The lowest BCUT2D eigenvalue weighted by atomic mass is 9.78. The van der Waals surface area contributed by atoms with Gasteiger partial charge in [0.15, 0.2) is 0 Å². The SMILES string of the molecule is CCOC(=O)/C=C/CC(F)(F)C1CCC1=O. The number of Topliss-reactive ketones (excluding diaryl/α,β-unsaturated/α-hetero) is 1. The quantitative estimate of drug-likeness (QED) is 0.538. The first kappa shape index (κ1) is 12.8. The predicted octanol–water partition coefficient (Wildman–Crippen LogP) is 2.11. The third-order valence-corrected chi connectivity index (χ3v) is 2.51. The summed E-state index contributed by atoms with van der Waals surface area (Å²) in [7, 11) is 0. The molecule has 0 aromatic rings. The Bertz CT molecular complexity index is 310. The largest absolute Gasteiger partial charge is 0.463 e. The van der Waals surface area contributed by atoms with E-state index in [0.29, 0.717) is 0 Å². The highest BCUT2D eigenvalue weighted by Gasteiger charge is 2.47. The van der Waals surface area contributed by atoms with Crippen molar-refractivity contribution in [1.82, 2.24) is 0 Å². The van der Waals surface area contributed by atoms with Crippen molar-refractivity contribution in [2.24, 2.45) is 5.92 Å². The second-order valence-corrected chi connectivity index (χ2v) is 3.68. The molecule has 0 aromatic carbocycles. The van der Waals surface area contributed by atoms with Gasteiger partial charge in [-0.05, 0) is 13.3 Å². The number of hydrogen-bond donors (Lipinski definition) is 0. The number of carbonyl (C=O) groups is 2. The van der Waals surface area contributed by atoms with E-state index in [1.54, 1.807) is 6.92 Å². The summed E-state index contributed by atoms with van der Waals surface area (Å²) >= 11 is 0. The first-order valence-electron chi connectivity index (χ1n) is 5.21. The van der Waals surface area contributed by atoms with E-state index in [4.69, 9.17) is 0 Å². The molecule has 1 aliphatic carbocycles. The molecule has 3 nitrogen and oxygen atoms in total. The highest BCUT2D eigenvalue weighted by Crippen LogP contribution is 2.39. The van der Waals surface area contributed by atoms with Crippen LogP contribution in [0.5, 0.6) is 0 Å². The molecule has 90 valence electrons. The molecule has 0 aliphatic heterocycles. The number of hydrogen-bond acceptors (Lipinski definition) is 3. The molecule has 0 saturated heterocycles. The molecular formula is C11H14F2O3. The molecule has 0 spiro atoms. The summed E-state index contributed by atoms with van der Waals surface area (Å²) in [6, 6.07) is 0. The minimum absolute atomic E-state index is 0.209. The first-order chi connectivity index (χ1) is 7.47. The standard InChI is InChI=1S/C11H14F2O3/c1-2-16-10(15)4-3-7-11(12,13)8-5-6-9(8)14/h3-4,8H,2,5-7H2,1H3/b4-3+. The van der Waals surface area contributed by atoms with Crippen molar-refractivity contribution >= 4 is 11.8 Å². The second kappa shape index (κ2) is 5.18. The zero-order valence-corrected chi connectivity index (χ0v) is 9.04. The van der Waals surface area contributed by atoms with Crippen molar-refractivity contribution in [1.29, 1.82) is 0 Å².